The van der Waals surface area contributed by atoms with E-state index >= 15 is 0 Å². The van der Waals surface area contributed by atoms with Crippen LogP contribution < -0.4 is 10.6 Å². The van der Waals surface area contributed by atoms with Crippen LogP contribution in [0.25, 0.3) is 0 Å². The molecule has 0 saturated carbocycles. The Morgan fingerprint density at radius 1 is 1.20 bits per heavy atom. The maximum absolute atomic E-state index is 13.2. The molecule has 1 aromatic carbocycles. The molecular weight excluding hydrogens is 391 g/mol. The van der Waals surface area contributed by atoms with Gasteiger partial charge in [0.05, 0.1) is 0 Å². The van der Waals surface area contributed by atoms with Gasteiger partial charge in [0.15, 0.2) is 0 Å². The summed E-state index contributed by atoms with van der Waals surface area (Å²) in [7, 11) is 0. The van der Waals surface area contributed by atoms with Crippen LogP contribution in [-0.4, -0.2) is 59.2 Å². The Balaban J connectivity index is 1.61. The first-order valence-corrected chi connectivity index (χ1v) is 10.1. The summed E-state index contributed by atoms with van der Waals surface area (Å²) < 4.78 is 13.2. The van der Waals surface area contributed by atoms with Gasteiger partial charge in [-0.2, -0.15) is 0 Å². The van der Waals surface area contributed by atoms with Crippen LogP contribution in [-0.2, 0) is 19.9 Å². The number of carbonyl (C=O) groups excluding carboxylic acids is 4. The average molecular weight is 418 g/mol. The molecule has 9 heteroatoms. The van der Waals surface area contributed by atoms with Crippen molar-refractivity contribution in [2.75, 3.05) is 19.6 Å². The molecule has 1 aromatic rings. The lowest BCUT2D eigenvalue weighted by atomic mass is 9.92. The van der Waals surface area contributed by atoms with Crippen molar-refractivity contribution in [2.24, 2.45) is 5.92 Å². The first kappa shape index (κ1) is 21.7. The number of amides is 5. The minimum absolute atomic E-state index is 0.0127. The SMILES string of the molecule is CC(C)NC(=O)C1CCN(C(=O)CN2C(=O)NC(C)(c3ccc(F)cc3)C2=O)CC1. The molecule has 0 spiro atoms. The van der Waals surface area contributed by atoms with E-state index in [-0.39, 0.29) is 30.3 Å². The van der Waals surface area contributed by atoms with Gasteiger partial charge in [0.2, 0.25) is 11.8 Å². The van der Waals surface area contributed by atoms with E-state index in [0.717, 1.165) is 4.90 Å². The maximum Gasteiger partial charge on any atom is 0.325 e. The van der Waals surface area contributed by atoms with Crippen LogP contribution in [0, 0.1) is 11.7 Å². The summed E-state index contributed by atoms with van der Waals surface area (Å²) in [6.45, 7) is 5.75. The van der Waals surface area contributed by atoms with Gasteiger partial charge in [0, 0.05) is 25.0 Å². The lowest BCUT2D eigenvalue weighted by Crippen LogP contribution is -2.48. The summed E-state index contributed by atoms with van der Waals surface area (Å²) in [5, 5.41) is 5.49. The number of piperidine rings is 1. The first-order valence-electron chi connectivity index (χ1n) is 10.1. The van der Waals surface area contributed by atoms with Gasteiger partial charge < -0.3 is 15.5 Å². The molecule has 2 aliphatic heterocycles. The van der Waals surface area contributed by atoms with Gasteiger partial charge in [-0.1, -0.05) is 12.1 Å². The van der Waals surface area contributed by atoms with E-state index < -0.39 is 23.3 Å². The van der Waals surface area contributed by atoms with Crippen molar-refractivity contribution in [1.82, 2.24) is 20.4 Å². The van der Waals surface area contributed by atoms with Crippen molar-refractivity contribution >= 4 is 23.8 Å². The van der Waals surface area contributed by atoms with Gasteiger partial charge in [-0.05, 0) is 51.3 Å². The lowest BCUT2D eigenvalue weighted by Gasteiger charge is -2.32. The molecule has 0 radical (unpaired) electrons. The van der Waals surface area contributed by atoms with Gasteiger partial charge in [-0.15, -0.1) is 0 Å². The minimum Gasteiger partial charge on any atom is -0.354 e. The third-order valence-corrected chi connectivity index (χ3v) is 5.64. The highest BCUT2D eigenvalue weighted by Crippen LogP contribution is 2.29. The lowest BCUT2D eigenvalue weighted by molar-refractivity contribution is -0.140. The Kier molecular flexibility index (Phi) is 6.09. The molecule has 30 heavy (non-hydrogen) atoms. The summed E-state index contributed by atoms with van der Waals surface area (Å²) in [4.78, 5) is 52.6. The van der Waals surface area contributed by atoms with Gasteiger partial charge in [0.1, 0.15) is 17.9 Å². The number of urea groups is 1. The molecule has 2 N–H and O–H groups in total. The molecule has 2 saturated heterocycles. The molecule has 0 bridgehead atoms. The van der Waals surface area contributed by atoms with Gasteiger partial charge in [-0.25, -0.2) is 9.18 Å². The monoisotopic (exact) mass is 418 g/mol. The van der Waals surface area contributed by atoms with Crippen molar-refractivity contribution in [3.63, 3.8) is 0 Å². The predicted octanol–water partition coefficient (Wildman–Crippen LogP) is 1.36. The molecule has 5 amide bonds. The van der Waals surface area contributed by atoms with Crippen LogP contribution in [0.3, 0.4) is 0 Å². The number of benzene rings is 1. The van der Waals surface area contributed by atoms with Crippen molar-refractivity contribution in [2.45, 2.75) is 45.2 Å². The van der Waals surface area contributed by atoms with Crippen molar-refractivity contribution in [3.05, 3.63) is 35.6 Å². The predicted molar refractivity (Wildman–Crippen MR) is 107 cm³/mol. The Morgan fingerprint density at radius 3 is 2.37 bits per heavy atom. The Hall–Kier alpha value is -2.97. The van der Waals surface area contributed by atoms with E-state index in [1.807, 2.05) is 13.8 Å². The number of likely N-dealkylation sites (tertiary alicyclic amines) is 1. The van der Waals surface area contributed by atoms with Gasteiger partial charge >= 0.3 is 6.03 Å². The average Bonchev–Trinajstić information content (AvgIpc) is 2.92. The summed E-state index contributed by atoms with van der Waals surface area (Å²) in [6, 6.07) is 4.71. The Labute approximate surface area is 174 Å². The van der Waals surface area contributed by atoms with Crippen molar-refractivity contribution in [3.8, 4) is 0 Å². The fourth-order valence-electron chi connectivity index (χ4n) is 3.85. The van der Waals surface area contributed by atoms with E-state index in [9.17, 15) is 23.6 Å². The number of nitrogens with zero attached hydrogens (tertiary/aromatic N) is 2. The fraction of sp³-hybridized carbons (Fsp3) is 0.524. The highest BCUT2D eigenvalue weighted by atomic mass is 19.1. The molecule has 8 nitrogen and oxygen atoms in total. The van der Waals surface area contributed by atoms with Crippen LogP contribution in [0.2, 0.25) is 0 Å². The molecular formula is C21H27FN4O4. The van der Waals surface area contributed by atoms with Crippen LogP contribution in [0.4, 0.5) is 9.18 Å². The smallest absolute Gasteiger partial charge is 0.325 e. The number of hydrogen-bond donors (Lipinski definition) is 2. The Bertz CT molecular complexity index is 849. The summed E-state index contributed by atoms with van der Waals surface area (Å²) in [5.74, 6) is -1.50. The minimum atomic E-state index is -1.35. The van der Waals surface area contributed by atoms with E-state index in [0.29, 0.717) is 31.5 Å². The molecule has 1 atom stereocenters. The van der Waals surface area contributed by atoms with Crippen molar-refractivity contribution in [1.29, 1.82) is 0 Å². The quantitative estimate of drug-likeness (QED) is 0.706. The molecule has 0 aromatic heterocycles. The second kappa shape index (κ2) is 8.41. The molecule has 0 aliphatic carbocycles. The maximum atomic E-state index is 13.2. The van der Waals surface area contributed by atoms with E-state index in [4.69, 9.17) is 0 Å². The zero-order chi connectivity index (χ0) is 22.1. The molecule has 1 unspecified atom stereocenters. The van der Waals surface area contributed by atoms with Crippen molar-refractivity contribution < 1.29 is 23.6 Å². The number of halogens is 1. The number of rotatable bonds is 5. The van der Waals surface area contributed by atoms with Crippen LogP contribution in [0.15, 0.2) is 24.3 Å². The number of carbonyl (C=O) groups is 4. The molecule has 3 rings (SSSR count). The summed E-state index contributed by atoms with van der Waals surface area (Å²) in [6.07, 6.45) is 1.08. The number of imide groups is 1. The number of nitrogens with one attached hydrogen (secondary N) is 2. The first-order chi connectivity index (χ1) is 14.1. The highest BCUT2D eigenvalue weighted by Gasteiger charge is 2.49. The standard InChI is InChI=1S/C21H27FN4O4/c1-13(2)23-18(28)14-8-10-25(11-9-14)17(27)12-26-19(29)21(3,24-20(26)30)15-4-6-16(22)7-5-15/h4-7,13-14H,8-12H2,1-3H3,(H,23,28)(H,24,30). The highest BCUT2D eigenvalue weighted by molar-refractivity contribution is 6.09. The van der Waals surface area contributed by atoms with E-state index in [2.05, 4.69) is 10.6 Å². The summed E-state index contributed by atoms with van der Waals surface area (Å²) in [5.41, 5.74) is -0.915. The number of hydrogen-bond acceptors (Lipinski definition) is 4. The van der Waals surface area contributed by atoms with Crippen LogP contribution >= 0.6 is 0 Å². The second-order valence-corrected chi connectivity index (χ2v) is 8.27. The third kappa shape index (κ3) is 4.29. The molecule has 2 fully saturated rings. The topological polar surface area (TPSA) is 98.8 Å². The fourth-order valence-corrected chi connectivity index (χ4v) is 3.85. The van der Waals surface area contributed by atoms with E-state index in [1.165, 1.54) is 31.2 Å². The van der Waals surface area contributed by atoms with Crippen LogP contribution in [0.5, 0.6) is 0 Å². The summed E-state index contributed by atoms with van der Waals surface area (Å²) >= 11 is 0. The van der Waals surface area contributed by atoms with Gasteiger partial charge in [0.25, 0.3) is 5.91 Å². The molecule has 2 heterocycles. The largest absolute Gasteiger partial charge is 0.354 e. The van der Waals surface area contributed by atoms with Crippen LogP contribution in [0.1, 0.15) is 39.2 Å². The zero-order valence-corrected chi connectivity index (χ0v) is 17.4. The normalized spacial score (nSPS) is 22.4. The molecule has 162 valence electrons. The van der Waals surface area contributed by atoms with Gasteiger partial charge in [-0.3, -0.25) is 19.3 Å². The Morgan fingerprint density at radius 2 is 1.80 bits per heavy atom. The third-order valence-electron chi connectivity index (χ3n) is 5.64. The van der Waals surface area contributed by atoms with E-state index in [1.54, 1.807) is 4.90 Å². The molecule has 2 aliphatic rings. The second-order valence-electron chi connectivity index (χ2n) is 8.27. The zero-order valence-electron chi connectivity index (χ0n) is 17.4.